The van der Waals surface area contributed by atoms with E-state index in [4.69, 9.17) is 4.43 Å². The van der Waals surface area contributed by atoms with Crippen LogP contribution in [0.5, 0.6) is 0 Å². The minimum absolute atomic E-state index is 0.164. The van der Waals surface area contributed by atoms with Gasteiger partial charge < -0.3 is 4.43 Å². The zero-order chi connectivity index (χ0) is 17.3. The average molecular weight is 332 g/mol. The van der Waals surface area contributed by atoms with Crippen molar-refractivity contribution in [2.24, 2.45) is 0 Å². The van der Waals surface area contributed by atoms with Crippen molar-refractivity contribution in [3.05, 3.63) is 35.9 Å². The zero-order valence-electron chi connectivity index (χ0n) is 15.6. The van der Waals surface area contributed by atoms with Crippen molar-refractivity contribution in [2.75, 3.05) is 0 Å². The molecule has 1 aromatic rings. The van der Waals surface area contributed by atoms with Crippen LogP contribution < -0.4 is 0 Å². The van der Waals surface area contributed by atoms with E-state index in [1.165, 1.54) is 24.8 Å². The van der Waals surface area contributed by atoms with Crippen LogP contribution in [0.3, 0.4) is 0 Å². The van der Waals surface area contributed by atoms with Crippen LogP contribution in [0.25, 0.3) is 0 Å². The maximum absolute atomic E-state index is 9.35. The van der Waals surface area contributed by atoms with E-state index in [1.54, 1.807) is 0 Å². The van der Waals surface area contributed by atoms with Gasteiger partial charge in [0.25, 0.3) is 0 Å². The van der Waals surface area contributed by atoms with Crippen molar-refractivity contribution in [3.8, 4) is 6.07 Å². The van der Waals surface area contributed by atoms with Gasteiger partial charge >= 0.3 is 0 Å². The third-order valence-electron chi connectivity index (χ3n) is 4.91. The van der Waals surface area contributed by atoms with Crippen LogP contribution in [-0.2, 0) is 10.8 Å². The highest BCUT2D eigenvalue weighted by atomic mass is 28.4. The summed E-state index contributed by atoms with van der Waals surface area (Å²) in [6.07, 6.45) is 6.52. The van der Waals surface area contributed by atoms with Gasteiger partial charge in [-0.2, -0.15) is 5.26 Å². The smallest absolute Gasteiger partial charge is 0.193 e. The van der Waals surface area contributed by atoms with E-state index in [-0.39, 0.29) is 11.1 Å². The molecule has 1 rings (SSSR count). The standard InChI is InChI=1S/C20H33NOSi/c1-20(2,3)23(4,5)22-19(17-21)16-12-7-6-9-13-18-14-10-8-11-15-18/h8,10-11,14-15,19H,6-7,9,12-13,16H2,1-5H3. The molecule has 2 nitrogen and oxygen atoms in total. The molecular weight excluding hydrogens is 298 g/mol. The fourth-order valence-corrected chi connectivity index (χ4v) is 3.57. The fraction of sp³-hybridized carbons (Fsp3) is 0.650. The molecule has 0 aliphatic rings. The lowest BCUT2D eigenvalue weighted by Gasteiger charge is -2.37. The fourth-order valence-electron chi connectivity index (χ4n) is 2.34. The number of rotatable bonds is 9. The average Bonchev–Trinajstić information content (AvgIpc) is 2.49. The van der Waals surface area contributed by atoms with E-state index >= 15 is 0 Å². The highest BCUT2D eigenvalue weighted by Gasteiger charge is 2.39. The first-order valence-corrected chi connectivity index (χ1v) is 11.8. The Morgan fingerprint density at radius 3 is 2.22 bits per heavy atom. The molecule has 0 saturated heterocycles. The second-order valence-electron chi connectivity index (χ2n) is 7.93. The number of nitriles is 1. The topological polar surface area (TPSA) is 33.0 Å². The second kappa shape index (κ2) is 9.25. The highest BCUT2D eigenvalue weighted by Crippen LogP contribution is 2.37. The number of hydrogen-bond donors (Lipinski definition) is 0. The highest BCUT2D eigenvalue weighted by molar-refractivity contribution is 6.74. The number of nitrogens with zero attached hydrogens (tertiary/aromatic N) is 1. The van der Waals surface area contributed by atoms with Crippen LogP contribution in [0, 0.1) is 11.3 Å². The maximum Gasteiger partial charge on any atom is 0.193 e. The predicted molar refractivity (Wildman–Crippen MR) is 101 cm³/mol. The van der Waals surface area contributed by atoms with Gasteiger partial charge in [0.15, 0.2) is 8.32 Å². The van der Waals surface area contributed by atoms with Crippen molar-refractivity contribution in [3.63, 3.8) is 0 Å². The molecule has 128 valence electrons. The SMILES string of the molecule is CC(C)(C)[Si](C)(C)OC(C#N)CCCCCCc1ccccc1. The molecule has 0 spiro atoms. The van der Waals surface area contributed by atoms with E-state index in [0.717, 1.165) is 19.3 Å². The Kier molecular flexibility index (Phi) is 8.01. The molecule has 0 fully saturated rings. The van der Waals surface area contributed by atoms with Crippen LogP contribution in [0.15, 0.2) is 30.3 Å². The van der Waals surface area contributed by atoms with Gasteiger partial charge in [-0.1, -0.05) is 63.9 Å². The lowest BCUT2D eigenvalue weighted by molar-refractivity contribution is 0.217. The zero-order valence-corrected chi connectivity index (χ0v) is 16.6. The third kappa shape index (κ3) is 7.33. The number of aryl methyl sites for hydroxylation is 1. The Balaban J connectivity index is 2.22. The Bertz CT molecular complexity index is 485. The number of hydrogen-bond acceptors (Lipinski definition) is 2. The molecule has 0 amide bonds. The van der Waals surface area contributed by atoms with E-state index in [1.807, 2.05) is 0 Å². The lowest BCUT2D eigenvalue weighted by Crippen LogP contribution is -2.43. The van der Waals surface area contributed by atoms with E-state index in [9.17, 15) is 5.26 Å². The summed E-state index contributed by atoms with van der Waals surface area (Å²) in [4.78, 5) is 0. The first-order valence-electron chi connectivity index (χ1n) is 8.87. The van der Waals surface area contributed by atoms with Crippen LogP contribution >= 0.6 is 0 Å². The summed E-state index contributed by atoms with van der Waals surface area (Å²) in [5, 5.41) is 9.52. The van der Waals surface area contributed by atoms with Gasteiger partial charge in [-0.25, -0.2) is 0 Å². The van der Waals surface area contributed by atoms with Crippen molar-refractivity contribution in [2.45, 2.75) is 83.5 Å². The van der Waals surface area contributed by atoms with Gasteiger partial charge in [0.1, 0.15) is 6.10 Å². The monoisotopic (exact) mass is 331 g/mol. The first kappa shape index (κ1) is 19.9. The minimum Gasteiger partial charge on any atom is -0.401 e. The Hall–Kier alpha value is -1.11. The lowest BCUT2D eigenvalue weighted by atomic mass is 10.0. The molecule has 23 heavy (non-hydrogen) atoms. The molecule has 1 aromatic carbocycles. The molecule has 3 heteroatoms. The molecule has 0 aliphatic heterocycles. The van der Waals surface area contributed by atoms with Crippen LogP contribution in [0.1, 0.15) is 58.4 Å². The van der Waals surface area contributed by atoms with E-state index in [0.29, 0.717) is 0 Å². The Morgan fingerprint density at radius 2 is 1.65 bits per heavy atom. The summed E-state index contributed by atoms with van der Waals surface area (Å²) in [7, 11) is -1.83. The normalized spacial score (nSPS) is 13.6. The summed E-state index contributed by atoms with van der Waals surface area (Å²) in [6, 6.07) is 13.0. The van der Waals surface area contributed by atoms with Gasteiger partial charge in [-0.15, -0.1) is 0 Å². The van der Waals surface area contributed by atoms with Gasteiger partial charge in [-0.3, -0.25) is 0 Å². The molecule has 1 unspecified atom stereocenters. The predicted octanol–water partition coefficient (Wildman–Crippen LogP) is 6.09. The van der Waals surface area contributed by atoms with Gasteiger partial charge in [-0.05, 0) is 49.4 Å². The first-order chi connectivity index (χ1) is 10.8. The molecule has 1 atom stereocenters. The molecule has 0 aromatic heterocycles. The second-order valence-corrected chi connectivity index (χ2v) is 12.7. The van der Waals surface area contributed by atoms with Gasteiger partial charge in [0.05, 0.1) is 6.07 Å². The molecule has 0 bridgehead atoms. The van der Waals surface area contributed by atoms with Crippen molar-refractivity contribution < 1.29 is 4.43 Å². The molecule has 0 heterocycles. The molecule has 0 saturated carbocycles. The van der Waals surface area contributed by atoms with Gasteiger partial charge in [0.2, 0.25) is 0 Å². The summed E-state index contributed by atoms with van der Waals surface area (Å²) < 4.78 is 6.21. The van der Waals surface area contributed by atoms with Crippen LogP contribution in [0.2, 0.25) is 18.1 Å². The van der Waals surface area contributed by atoms with Gasteiger partial charge in [0, 0.05) is 0 Å². The Labute approximate surface area is 144 Å². The van der Waals surface area contributed by atoms with Crippen LogP contribution in [-0.4, -0.2) is 14.4 Å². The summed E-state index contributed by atoms with van der Waals surface area (Å²) >= 11 is 0. The Morgan fingerprint density at radius 1 is 1.04 bits per heavy atom. The van der Waals surface area contributed by atoms with E-state index < -0.39 is 8.32 Å². The van der Waals surface area contributed by atoms with Crippen molar-refractivity contribution in [1.82, 2.24) is 0 Å². The minimum atomic E-state index is -1.83. The quantitative estimate of drug-likeness (QED) is 0.405. The number of unbranched alkanes of at least 4 members (excludes halogenated alkanes) is 3. The summed E-state index contributed by atoms with van der Waals surface area (Å²) in [5.74, 6) is 0. The summed E-state index contributed by atoms with van der Waals surface area (Å²) in [6.45, 7) is 11.1. The van der Waals surface area contributed by atoms with Crippen molar-refractivity contribution in [1.29, 1.82) is 5.26 Å². The molecule has 0 N–H and O–H groups in total. The van der Waals surface area contributed by atoms with E-state index in [2.05, 4.69) is 70.3 Å². The van der Waals surface area contributed by atoms with Crippen molar-refractivity contribution >= 4 is 8.32 Å². The molecule has 0 aliphatic carbocycles. The molecule has 0 radical (unpaired) electrons. The van der Waals surface area contributed by atoms with Crippen LogP contribution in [0.4, 0.5) is 0 Å². The third-order valence-corrected chi connectivity index (χ3v) is 9.40. The molecular formula is C20H33NOSi. The maximum atomic E-state index is 9.35. The summed E-state index contributed by atoms with van der Waals surface area (Å²) in [5.41, 5.74) is 1.42. The number of benzene rings is 1. The largest absolute Gasteiger partial charge is 0.401 e.